The number of unbranched alkanes of at least 4 members (excludes halogenated alkanes) is 43. The Balaban J connectivity index is 1.92. The van der Waals surface area contributed by atoms with Gasteiger partial charge in [0.1, 0.15) is 24.4 Å². The van der Waals surface area contributed by atoms with E-state index in [1.54, 1.807) is 6.08 Å². The van der Waals surface area contributed by atoms with Gasteiger partial charge in [-0.3, -0.25) is 9.59 Å². The number of allylic oxidation sites excluding steroid dienone is 9. The molecule has 1 amide bonds. The summed E-state index contributed by atoms with van der Waals surface area (Å²) in [4.78, 5) is 25.1. The van der Waals surface area contributed by atoms with Gasteiger partial charge in [-0.25, -0.2) is 0 Å². The molecule has 508 valence electrons. The van der Waals surface area contributed by atoms with Crippen LogP contribution in [0, 0.1) is 0 Å². The van der Waals surface area contributed by atoms with Gasteiger partial charge < -0.3 is 45.1 Å². The minimum absolute atomic E-state index is 0.00107. The molecule has 0 aromatic heterocycles. The highest BCUT2D eigenvalue weighted by Crippen LogP contribution is 2.23. The maximum absolute atomic E-state index is 13.0. The second-order valence-corrected chi connectivity index (χ2v) is 25.6. The molecule has 6 N–H and O–H groups in total. The Morgan fingerprint density at radius 3 is 1.24 bits per heavy atom. The molecule has 7 unspecified atom stereocenters. The van der Waals surface area contributed by atoms with Crippen molar-refractivity contribution in [2.45, 2.75) is 391 Å². The summed E-state index contributed by atoms with van der Waals surface area (Å²) in [6.07, 6.45) is 76.7. The minimum Gasteiger partial charge on any atom is -0.466 e. The van der Waals surface area contributed by atoms with E-state index in [1.807, 2.05) is 6.08 Å². The monoisotopic (exact) mass is 1230 g/mol. The van der Waals surface area contributed by atoms with Gasteiger partial charge in [-0.2, -0.15) is 0 Å². The lowest BCUT2D eigenvalue weighted by Gasteiger charge is -2.40. The molecule has 11 nitrogen and oxygen atoms in total. The summed E-state index contributed by atoms with van der Waals surface area (Å²) in [6, 6.07) is -0.825. The van der Waals surface area contributed by atoms with Crippen LogP contribution in [0.3, 0.4) is 0 Å². The van der Waals surface area contributed by atoms with Crippen LogP contribution < -0.4 is 5.32 Å². The lowest BCUT2D eigenvalue weighted by Crippen LogP contribution is -2.60. The predicted octanol–water partition coefficient (Wildman–Crippen LogP) is 19.3. The fraction of sp³-hybridized carbons (Fsp3) is 0.842. The molecule has 1 aliphatic rings. The molecule has 0 bridgehead atoms. The second kappa shape index (κ2) is 64.9. The number of esters is 1. The number of aliphatic hydroxyl groups excluding tert-OH is 5. The normalized spacial score (nSPS) is 18.2. The van der Waals surface area contributed by atoms with Crippen LogP contribution in [0.5, 0.6) is 0 Å². The Morgan fingerprint density at radius 2 is 0.793 bits per heavy atom. The van der Waals surface area contributed by atoms with Crippen molar-refractivity contribution in [3.05, 3.63) is 60.8 Å². The van der Waals surface area contributed by atoms with Gasteiger partial charge in [0.2, 0.25) is 5.91 Å². The van der Waals surface area contributed by atoms with Crippen molar-refractivity contribution in [3.8, 4) is 0 Å². The summed E-state index contributed by atoms with van der Waals surface area (Å²) in [6.45, 7) is 4.29. The number of ether oxygens (including phenoxy) is 3. The number of amides is 1. The molecule has 87 heavy (non-hydrogen) atoms. The summed E-state index contributed by atoms with van der Waals surface area (Å²) < 4.78 is 16.7. The van der Waals surface area contributed by atoms with Crippen LogP contribution in [-0.2, 0) is 23.8 Å². The maximum Gasteiger partial charge on any atom is 0.305 e. The molecule has 1 rings (SSSR count). The van der Waals surface area contributed by atoms with Crippen molar-refractivity contribution in [1.82, 2.24) is 5.32 Å². The first-order valence-electron chi connectivity index (χ1n) is 37.1. The van der Waals surface area contributed by atoms with Crippen LogP contribution in [-0.4, -0.2) is 100 Å². The van der Waals surface area contributed by atoms with E-state index in [-0.39, 0.29) is 18.5 Å². The number of nitrogens with one attached hydrogen (secondary N) is 1. The largest absolute Gasteiger partial charge is 0.466 e. The Hall–Kier alpha value is -2.64. The number of hydrogen-bond acceptors (Lipinski definition) is 10. The van der Waals surface area contributed by atoms with Crippen LogP contribution in [0.4, 0.5) is 0 Å². The van der Waals surface area contributed by atoms with Crippen LogP contribution in [0.15, 0.2) is 60.8 Å². The zero-order chi connectivity index (χ0) is 63.0. The number of hydrogen-bond donors (Lipinski definition) is 6. The third kappa shape index (κ3) is 53.7. The number of carbonyl (C=O) groups is 2. The molecular weight excluding hydrogens is 1090 g/mol. The molecule has 11 heteroatoms. The average Bonchev–Trinajstić information content (AvgIpc) is 2.69. The third-order valence-electron chi connectivity index (χ3n) is 17.3. The average molecular weight is 1230 g/mol. The Morgan fingerprint density at radius 1 is 0.425 bits per heavy atom. The van der Waals surface area contributed by atoms with Crippen molar-refractivity contribution in [2.75, 3.05) is 19.8 Å². The van der Waals surface area contributed by atoms with E-state index in [0.717, 1.165) is 64.2 Å². The van der Waals surface area contributed by atoms with E-state index in [4.69, 9.17) is 14.2 Å². The number of aliphatic hydroxyl groups is 5. The second-order valence-electron chi connectivity index (χ2n) is 25.6. The summed E-state index contributed by atoms with van der Waals surface area (Å²) in [7, 11) is 0. The van der Waals surface area contributed by atoms with Crippen LogP contribution >= 0.6 is 0 Å². The summed E-state index contributed by atoms with van der Waals surface area (Å²) in [5.41, 5.74) is 0. The van der Waals surface area contributed by atoms with Gasteiger partial charge in [-0.05, 0) is 96.3 Å². The number of rotatable bonds is 65. The zero-order valence-electron chi connectivity index (χ0n) is 56.5. The van der Waals surface area contributed by atoms with E-state index >= 15 is 0 Å². The lowest BCUT2D eigenvalue weighted by molar-refractivity contribution is -0.302. The van der Waals surface area contributed by atoms with E-state index in [9.17, 15) is 35.1 Å². The highest BCUT2D eigenvalue weighted by atomic mass is 16.7. The van der Waals surface area contributed by atoms with Gasteiger partial charge in [-0.1, -0.05) is 299 Å². The quantitative estimate of drug-likeness (QED) is 0.0195. The molecule has 0 aromatic rings. The van der Waals surface area contributed by atoms with E-state index in [0.29, 0.717) is 19.4 Å². The van der Waals surface area contributed by atoms with E-state index in [2.05, 4.69) is 67.8 Å². The van der Waals surface area contributed by atoms with E-state index < -0.39 is 49.5 Å². The molecule has 1 fully saturated rings. The Bertz CT molecular complexity index is 1630. The molecule has 0 saturated carbocycles. The lowest BCUT2D eigenvalue weighted by atomic mass is 9.99. The van der Waals surface area contributed by atoms with Crippen molar-refractivity contribution in [3.63, 3.8) is 0 Å². The molecule has 0 aromatic carbocycles. The van der Waals surface area contributed by atoms with Crippen molar-refractivity contribution >= 4 is 11.9 Å². The minimum atomic E-state index is -1.58. The molecule has 1 heterocycles. The topological polar surface area (TPSA) is 175 Å². The summed E-state index contributed by atoms with van der Waals surface area (Å²) in [5.74, 6) is -0.188. The standard InChI is InChI=1S/C76H139NO10/c1-3-5-7-9-11-13-42-46-50-54-58-62-69(79)68(67-86-76-75(84)74(83)73(82)70(66-78)87-76)77-71(80)63-59-55-51-47-44-40-38-36-34-32-30-28-26-24-22-20-18-16-15-17-19-21-23-25-27-29-31-33-35-37-39-41-45-49-53-57-61-65-85-72(81)64-60-56-52-48-43-14-12-10-8-6-4-2/h10,12,15,17,21,23,42,46,58,62,68-70,73-76,78-79,82-84H,3-9,11,13-14,16,18-20,22,24-41,43-45,47-57,59-61,63-67H2,1-2H3,(H,77,80)/b12-10-,17-15-,23-21-,46-42+,62-58+. The van der Waals surface area contributed by atoms with Crippen molar-refractivity contribution in [1.29, 1.82) is 0 Å². The first-order chi connectivity index (χ1) is 42.7. The van der Waals surface area contributed by atoms with Gasteiger partial charge in [0, 0.05) is 12.8 Å². The van der Waals surface area contributed by atoms with Gasteiger partial charge in [0.05, 0.1) is 32.0 Å². The molecular formula is C76H139NO10. The highest BCUT2D eigenvalue weighted by molar-refractivity contribution is 5.76. The maximum atomic E-state index is 13.0. The van der Waals surface area contributed by atoms with Crippen LogP contribution in [0.2, 0.25) is 0 Å². The SMILES string of the molecule is CCCC/C=C\CCCCCCCC(=O)OCCCCCCCCCCCCCCC/C=C\C/C=C\CCCCCCCCCCCCCCCCCCCC(=O)NC(COC1OC(CO)C(O)C(O)C1O)C(O)/C=C/CC/C=C/CCCCCCC. The third-order valence-corrected chi connectivity index (χ3v) is 17.3. The van der Waals surface area contributed by atoms with Gasteiger partial charge in [-0.15, -0.1) is 0 Å². The smallest absolute Gasteiger partial charge is 0.305 e. The Labute approximate surface area is 535 Å². The molecule has 7 atom stereocenters. The molecule has 1 saturated heterocycles. The predicted molar refractivity (Wildman–Crippen MR) is 366 cm³/mol. The van der Waals surface area contributed by atoms with Gasteiger partial charge >= 0.3 is 5.97 Å². The van der Waals surface area contributed by atoms with Crippen molar-refractivity contribution < 1.29 is 49.3 Å². The molecule has 1 aliphatic heterocycles. The number of carbonyl (C=O) groups excluding carboxylic acids is 2. The summed E-state index contributed by atoms with van der Waals surface area (Å²) >= 11 is 0. The molecule has 0 aliphatic carbocycles. The first kappa shape index (κ1) is 82.4. The zero-order valence-corrected chi connectivity index (χ0v) is 56.5. The first-order valence-corrected chi connectivity index (χ1v) is 37.1. The van der Waals surface area contributed by atoms with Crippen LogP contribution in [0.25, 0.3) is 0 Å². The highest BCUT2D eigenvalue weighted by Gasteiger charge is 2.44. The molecule has 0 radical (unpaired) electrons. The fourth-order valence-corrected chi connectivity index (χ4v) is 11.5. The van der Waals surface area contributed by atoms with Crippen LogP contribution in [0.1, 0.15) is 348 Å². The van der Waals surface area contributed by atoms with Gasteiger partial charge in [0.25, 0.3) is 0 Å². The van der Waals surface area contributed by atoms with Crippen molar-refractivity contribution in [2.24, 2.45) is 0 Å². The molecule has 0 spiro atoms. The Kier molecular flexibility index (Phi) is 61.4. The van der Waals surface area contributed by atoms with E-state index in [1.165, 1.54) is 257 Å². The van der Waals surface area contributed by atoms with Gasteiger partial charge in [0.15, 0.2) is 6.29 Å². The summed E-state index contributed by atoms with van der Waals surface area (Å²) in [5, 5.41) is 54.4. The fourth-order valence-electron chi connectivity index (χ4n) is 11.5.